The molecule has 16 heavy (non-hydrogen) atoms. The van der Waals surface area contributed by atoms with Gasteiger partial charge in [-0.05, 0) is 26.7 Å². The van der Waals surface area contributed by atoms with Gasteiger partial charge in [-0.15, -0.1) is 0 Å². The molecule has 1 aliphatic carbocycles. The summed E-state index contributed by atoms with van der Waals surface area (Å²) in [5.74, 6) is -2.83. The standard InChI is InChI=1S/C11H16F2N2O/c1-7(2)15-9-4-3-5-11(12,13)10(9)8(6-16)14-15/h7,16H,3-6H2,1-2H3. The SMILES string of the molecule is CC(C)n1nc(CO)c2c1CCCC2(F)F. The minimum absolute atomic E-state index is 0.0325. The van der Waals surface area contributed by atoms with Crippen LogP contribution < -0.4 is 0 Å². The molecule has 0 bridgehead atoms. The van der Waals surface area contributed by atoms with Gasteiger partial charge in [-0.2, -0.15) is 5.10 Å². The molecular weight excluding hydrogens is 214 g/mol. The minimum Gasteiger partial charge on any atom is -0.390 e. The summed E-state index contributed by atoms with van der Waals surface area (Å²) >= 11 is 0. The number of aliphatic hydroxyl groups excluding tert-OH is 1. The van der Waals surface area contributed by atoms with Crippen LogP contribution in [0.5, 0.6) is 0 Å². The van der Waals surface area contributed by atoms with E-state index in [0.29, 0.717) is 18.5 Å². The van der Waals surface area contributed by atoms with Crippen LogP contribution in [0.25, 0.3) is 0 Å². The number of fused-ring (bicyclic) bond motifs is 1. The van der Waals surface area contributed by atoms with Gasteiger partial charge >= 0.3 is 0 Å². The molecule has 2 rings (SSSR count). The Labute approximate surface area is 93.1 Å². The van der Waals surface area contributed by atoms with E-state index in [1.165, 1.54) is 0 Å². The Morgan fingerprint density at radius 1 is 1.50 bits per heavy atom. The van der Waals surface area contributed by atoms with Crippen molar-refractivity contribution in [1.29, 1.82) is 0 Å². The van der Waals surface area contributed by atoms with Crippen molar-refractivity contribution in [2.75, 3.05) is 0 Å². The summed E-state index contributed by atoms with van der Waals surface area (Å²) in [6, 6.07) is 0.0444. The van der Waals surface area contributed by atoms with Crippen molar-refractivity contribution < 1.29 is 13.9 Å². The Hall–Kier alpha value is -0.970. The summed E-state index contributed by atoms with van der Waals surface area (Å²) in [5.41, 5.74) is 0.693. The third-order valence-electron chi connectivity index (χ3n) is 2.99. The molecule has 1 aliphatic rings. The lowest BCUT2D eigenvalue weighted by atomic mass is 9.92. The van der Waals surface area contributed by atoms with Gasteiger partial charge in [0, 0.05) is 18.2 Å². The lowest BCUT2D eigenvalue weighted by Gasteiger charge is -2.24. The average molecular weight is 230 g/mol. The fourth-order valence-electron chi connectivity index (χ4n) is 2.32. The predicted octanol–water partition coefficient (Wildman–Crippen LogP) is 2.38. The minimum atomic E-state index is -2.83. The van der Waals surface area contributed by atoms with Crippen LogP contribution >= 0.6 is 0 Å². The number of halogens is 2. The molecule has 90 valence electrons. The Morgan fingerprint density at radius 3 is 2.75 bits per heavy atom. The summed E-state index contributed by atoms with van der Waals surface area (Å²) in [7, 11) is 0. The smallest absolute Gasteiger partial charge is 0.276 e. The molecule has 1 N–H and O–H groups in total. The maximum Gasteiger partial charge on any atom is 0.276 e. The number of aromatic nitrogens is 2. The number of hydrogen-bond donors (Lipinski definition) is 1. The molecule has 0 radical (unpaired) electrons. The van der Waals surface area contributed by atoms with Crippen molar-refractivity contribution in [2.45, 2.75) is 51.7 Å². The molecule has 1 aromatic rings. The third-order valence-corrected chi connectivity index (χ3v) is 2.99. The Balaban J connectivity index is 2.60. The fourth-order valence-corrected chi connectivity index (χ4v) is 2.32. The molecule has 1 heterocycles. The van der Waals surface area contributed by atoms with Gasteiger partial charge in [0.25, 0.3) is 5.92 Å². The molecule has 3 nitrogen and oxygen atoms in total. The highest BCUT2D eigenvalue weighted by molar-refractivity contribution is 5.33. The van der Waals surface area contributed by atoms with Gasteiger partial charge in [0.05, 0.1) is 17.9 Å². The molecule has 0 saturated carbocycles. The Morgan fingerprint density at radius 2 is 2.19 bits per heavy atom. The highest BCUT2D eigenvalue weighted by atomic mass is 19.3. The maximum absolute atomic E-state index is 13.8. The lowest BCUT2D eigenvalue weighted by Crippen LogP contribution is -2.23. The van der Waals surface area contributed by atoms with Crippen molar-refractivity contribution in [3.05, 3.63) is 17.0 Å². The molecule has 0 atom stereocenters. The molecule has 0 unspecified atom stereocenters. The van der Waals surface area contributed by atoms with Gasteiger partial charge in [-0.1, -0.05) is 0 Å². The first-order valence-corrected chi connectivity index (χ1v) is 5.56. The van der Waals surface area contributed by atoms with E-state index >= 15 is 0 Å². The molecule has 0 amide bonds. The number of aliphatic hydroxyl groups is 1. The first-order chi connectivity index (χ1) is 7.47. The highest BCUT2D eigenvalue weighted by Gasteiger charge is 2.42. The molecule has 0 fully saturated rings. The van der Waals surface area contributed by atoms with Gasteiger partial charge in [0.1, 0.15) is 0 Å². The van der Waals surface area contributed by atoms with Crippen LogP contribution in [0.4, 0.5) is 8.78 Å². The molecular formula is C11H16F2N2O. The van der Waals surface area contributed by atoms with Gasteiger partial charge in [-0.3, -0.25) is 4.68 Å². The number of nitrogens with zero attached hydrogens (tertiary/aromatic N) is 2. The maximum atomic E-state index is 13.8. The van der Waals surface area contributed by atoms with Crippen LogP contribution in [-0.4, -0.2) is 14.9 Å². The van der Waals surface area contributed by atoms with Gasteiger partial charge in [0.15, 0.2) is 0 Å². The zero-order valence-corrected chi connectivity index (χ0v) is 9.50. The molecule has 0 aliphatic heterocycles. The van der Waals surface area contributed by atoms with Crippen LogP contribution in [0.3, 0.4) is 0 Å². The molecule has 0 saturated heterocycles. The van der Waals surface area contributed by atoms with E-state index in [0.717, 1.165) is 0 Å². The second kappa shape index (κ2) is 3.80. The topological polar surface area (TPSA) is 38.0 Å². The van der Waals surface area contributed by atoms with Gasteiger partial charge in [0.2, 0.25) is 0 Å². The zero-order valence-electron chi connectivity index (χ0n) is 9.50. The van der Waals surface area contributed by atoms with Crippen LogP contribution in [0.1, 0.15) is 49.7 Å². The van der Waals surface area contributed by atoms with E-state index in [4.69, 9.17) is 5.11 Å². The van der Waals surface area contributed by atoms with Crippen LogP contribution in [0.2, 0.25) is 0 Å². The monoisotopic (exact) mass is 230 g/mol. The quantitative estimate of drug-likeness (QED) is 0.847. The van der Waals surface area contributed by atoms with Crippen molar-refractivity contribution in [3.8, 4) is 0 Å². The first kappa shape index (κ1) is 11.5. The fraction of sp³-hybridized carbons (Fsp3) is 0.727. The summed E-state index contributed by atoms with van der Waals surface area (Å²) in [6.45, 7) is 3.39. The second-order valence-corrected chi connectivity index (χ2v) is 4.52. The number of rotatable bonds is 2. The van der Waals surface area contributed by atoms with Crippen molar-refractivity contribution in [3.63, 3.8) is 0 Å². The van der Waals surface area contributed by atoms with E-state index in [-0.39, 0.29) is 23.7 Å². The average Bonchev–Trinajstić information content (AvgIpc) is 2.57. The van der Waals surface area contributed by atoms with E-state index in [2.05, 4.69) is 5.10 Å². The zero-order chi connectivity index (χ0) is 11.9. The van der Waals surface area contributed by atoms with E-state index in [1.807, 2.05) is 13.8 Å². The van der Waals surface area contributed by atoms with E-state index in [9.17, 15) is 8.78 Å². The van der Waals surface area contributed by atoms with Gasteiger partial charge < -0.3 is 5.11 Å². The van der Waals surface area contributed by atoms with E-state index < -0.39 is 12.5 Å². The summed E-state index contributed by atoms with van der Waals surface area (Å²) < 4.78 is 29.1. The molecule has 5 heteroatoms. The normalized spacial score (nSPS) is 18.9. The van der Waals surface area contributed by atoms with Crippen molar-refractivity contribution in [1.82, 2.24) is 9.78 Å². The van der Waals surface area contributed by atoms with Crippen LogP contribution in [0.15, 0.2) is 0 Å². The highest BCUT2D eigenvalue weighted by Crippen LogP contribution is 2.42. The molecule has 0 aromatic carbocycles. The molecule has 0 spiro atoms. The van der Waals surface area contributed by atoms with Crippen LogP contribution in [0, 0.1) is 0 Å². The van der Waals surface area contributed by atoms with Gasteiger partial charge in [-0.25, -0.2) is 8.78 Å². The largest absolute Gasteiger partial charge is 0.390 e. The van der Waals surface area contributed by atoms with Crippen LogP contribution in [-0.2, 0) is 19.0 Å². The molecule has 1 aromatic heterocycles. The van der Waals surface area contributed by atoms with Crippen molar-refractivity contribution in [2.24, 2.45) is 0 Å². The second-order valence-electron chi connectivity index (χ2n) is 4.52. The number of alkyl halides is 2. The summed E-state index contributed by atoms with van der Waals surface area (Å²) in [5, 5.41) is 13.2. The first-order valence-electron chi connectivity index (χ1n) is 5.56. The predicted molar refractivity (Wildman–Crippen MR) is 55.4 cm³/mol. The lowest BCUT2D eigenvalue weighted by molar-refractivity contribution is -0.0238. The Bertz CT molecular complexity index is 399. The van der Waals surface area contributed by atoms with Crippen molar-refractivity contribution >= 4 is 0 Å². The third kappa shape index (κ3) is 1.63. The Kier molecular flexibility index (Phi) is 2.74. The number of hydrogen-bond acceptors (Lipinski definition) is 2. The summed E-state index contributed by atoms with van der Waals surface area (Å²) in [4.78, 5) is 0. The summed E-state index contributed by atoms with van der Waals surface area (Å²) in [6.07, 6.45) is 0.955. The van der Waals surface area contributed by atoms with E-state index in [1.54, 1.807) is 4.68 Å².